The molecule has 0 saturated carbocycles. The van der Waals surface area contributed by atoms with Crippen LogP contribution in [0, 0.1) is 0 Å². The summed E-state index contributed by atoms with van der Waals surface area (Å²) in [7, 11) is 0. The van der Waals surface area contributed by atoms with Crippen LogP contribution >= 0.6 is 0 Å². The first-order valence-electron chi connectivity index (χ1n) is 19.8. The fourth-order valence-electron chi connectivity index (χ4n) is 8.61. The minimum Gasteiger partial charge on any atom is -0.456 e. The third-order valence-electron chi connectivity index (χ3n) is 11.4. The Balaban J connectivity index is 0.995. The zero-order valence-electron chi connectivity index (χ0n) is 31.7. The Labute approximate surface area is 337 Å². The molecule has 0 aliphatic carbocycles. The number of fused-ring (bicyclic) bond motifs is 6. The molecule has 0 bridgehead atoms. The summed E-state index contributed by atoms with van der Waals surface area (Å²) in [5.74, 6) is 0. The van der Waals surface area contributed by atoms with Crippen LogP contribution in [-0.2, 0) is 0 Å². The van der Waals surface area contributed by atoms with Crippen LogP contribution in [0.4, 0.5) is 17.1 Å². The number of anilines is 3. The van der Waals surface area contributed by atoms with Gasteiger partial charge in [-0.1, -0.05) is 164 Å². The minimum atomic E-state index is 0.921. The van der Waals surface area contributed by atoms with E-state index in [1.807, 2.05) is 12.1 Å². The van der Waals surface area contributed by atoms with Gasteiger partial charge >= 0.3 is 0 Å². The van der Waals surface area contributed by atoms with Gasteiger partial charge in [0.15, 0.2) is 0 Å². The monoisotopic (exact) mass is 739 g/mol. The molecular weight excluding hydrogens is 703 g/mol. The lowest BCUT2D eigenvalue weighted by molar-refractivity contribution is 0.669. The van der Waals surface area contributed by atoms with Gasteiger partial charge in [-0.15, -0.1) is 0 Å². The van der Waals surface area contributed by atoms with E-state index >= 15 is 0 Å². The normalized spacial score (nSPS) is 11.4. The maximum atomic E-state index is 6.18. The van der Waals surface area contributed by atoms with E-state index < -0.39 is 0 Å². The van der Waals surface area contributed by atoms with Crippen molar-refractivity contribution in [2.24, 2.45) is 0 Å². The first kappa shape index (κ1) is 33.6. The minimum absolute atomic E-state index is 0.921. The van der Waals surface area contributed by atoms with Crippen LogP contribution in [0.5, 0.6) is 0 Å². The molecule has 1 aromatic heterocycles. The van der Waals surface area contributed by atoms with Gasteiger partial charge in [-0.25, -0.2) is 0 Å². The fourth-order valence-corrected chi connectivity index (χ4v) is 8.61. The van der Waals surface area contributed by atoms with E-state index in [4.69, 9.17) is 4.42 Å². The highest BCUT2D eigenvalue weighted by Gasteiger charge is 2.17. The number of hydrogen-bond donors (Lipinski definition) is 0. The Bertz CT molecular complexity index is 3280. The van der Waals surface area contributed by atoms with Crippen LogP contribution in [0.15, 0.2) is 229 Å². The summed E-state index contributed by atoms with van der Waals surface area (Å²) in [6.07, 6.45) is 0. The fraction of sp³-hybridized carbons (Fsp3) is 0. The molecule has 11 aromatic rings. The number of benzene rings is 10. The Hall–Kier alpha value is -7.68. The first-order chi connectivity index (χ1) is 28.7. The van der Waals surface area contributed by atoms with E-state index in [0.29, 0.717) is 0 Å². The lowest BCUT2D eigenvalue weighted by atomic mass is 9.95. The predicted octanol–water partition coefficient (Wildman–Crippen LogP) is 16.0. The molecule has 0 atom stereocenters. The molecule has 0 amide bonds. The smallest absolute Gasteiger partial charge is 0.136 e. The van der Waals surface area contributed by atoms with Gasteiger partial charge in [-0.05, 0) is 127 Å². The van der Waals surface area contributed by atoms with E-state index in [1.54, 1.807) is 0 Å². The van der Waals surface area contributed by atoms with Crippen molar-refractivity contribution in [2.45, 2.75) is 0 Å². The summed E-state index contributed by atoms with van der Waals surface area (Å²) in [6, 6.07) is 80.8. The largest absolute Gasteiger partial charge is 0.456 e. The molecule has 0 aliphatic rings. The molecule has 0 spiro atoms. The number of hydrogen-bond acceptors (Lipinski definition) is 2. The first-order valence-corrected chi connectivity index (χ1v) is 19.8. The molecule has 2 heteroatoms. The van der Waals surface area contributed by atoms with Crippen LogP contribution in [0.3, 0.4) is 0 Å². The Morgan fingerprint density at radius 2 is 0.845 bits per heavy atom. The lowest BCUT2D eigenvalue weighted by Gasteiger charge is -2.27. The molecule has 58 heavy (non-hydrogen) atoms. The molecule has 2 nitrogen and oxygen atoms in total. The number of furan rings is 1. The van der Waals surface area contributed by atoms with Crippen molar-refractivity contribution >= 4 is 60.5 Å². The van der Waals surface area contributed by atoms with Crippen molar-refractivity contribution < 1.29 is 4.42 Å². The second-order valence-electron chi connectivity index (χ2n) is 14.9. The molecular formula is C56H37NO. The summed E-state index contributed by atoms with van der Waals surface area (Å²) in [5, 5.41) is 7.21. The van der Waals surface area contributed by atoms with Crippen LogP contribution in [0.25, 0.3) is 88.0 Å². The standard InChI is InChI=1S/C56H37NO/c1-2-12-38(13-3-1)39-26-30-47(31-27-39)57(49-21-10-19-45(37-49)51-24-11-15-40-14-4-5-22-50(40)51)48-20-9-18-43(36-48)41-16-8-17-42(34-41)44-28-32-52-46(35-44)29-33-55-56(52)53-23-6-7-25-54(53)58-55/h1-37H. The molecule has 0 fully saturated rings. The molecule has 0 unspecified atom stereocenters. The van der Waals surface area contributed by atoms with Gasteiger partial charge in [0.25, 0.3) is 0 Å². The van der Waals surface area contributed by atoms with Crippen molar-refractivity contribution in [2.75, 3.05) is 4.90 Å². The molecule has 10 aromatic carbocycles. The molecule has 11 rings (SSSR count). The summed E-state index contributed by atoms with van der Waals surface area (Å²) in [4.78, 5) is 2.38. The van der Waals surface area contributed by atoms with Gasteiger partial charge in [0.2, 0.25) is 0 Å². The van der Waals surface area contributed by atoms with Gasteiger partial charge in [-0.2, -0.15) is 0 Å². The summed E-state index contributed by atoms with van der Waals surface area (Å²) >= 11 is 0. The topological polar surface area (TPSA) is 16.4 Å². The molecule has 0 aliphatic heterocycles. The van der Waals surface area contributed by atoms with Crippen molar-refractivity contribution in [1.82, 2.24) is 0 Å². The van der Waals surface area contributed by atoms with Gasteiger partial charge in [0.05, 0.1) is 0 Å². The second-order valence-corrected chi connectivity index (χ2v) is 14.9. The zero-order chi connectivity index (χ0) is 38.4. The summed E-state index contributed by atoms with van der Waals surface area (Å²) < 4.78 is 6.18. The van der Waals surface area contributed by atoms with Crippen molar-refractivity contribution in [1.29, 1.82) is 0 Å². The maximum absolute atomic E-state index is 6.18. The number of rotatable bonds is 7. The predicted molar refractivity (Wildman–Crippen MR) is 245 cm³/mol. The number of nitrogens with zero attached hydrogens (tertiary/aromatic N) is 1. The van der Waals surface area contributed by atoms with Crippen molar-refractivity contribution in [3.8, 4) is 44.5 Å². The van der Waals surface area contributed by atoms with Crippen LogP contribution in [0.2, 0.25) is 0 Å². The van der Waals surface area contributed by atoms with E-state index in [2.05, 4.69) is 217 Å². The molecule has 272 valence electrons. The summed E-state index contributed by atoms with van der Waals surface area (Å²) in [5.41, 5.74) is 14.6. The average molecular weight is 740 g/mol. The Morgan fingerprint density at radius 1 is 0.276 bits per heavy atom. The zero-order valence-corrected chi connectivity index (χ0v) is 31.7. The van der Waals surface area contributed by atoms with Crippen LogP contribution in [0.1, 0.15) is 0 Å². The Morgan fingerprint density at radius 3 is 1.66 bits per heavy atom. The maximum Gasteiger partial charge on any atom is 0.136 e. The highest BCUT2D eigenvalue weighted by atomic mass is 16.3. The third kappa shape index (κ3) is 6.00. The molecule has 0 radical (unpaired) electrons. The SMILES string of the molecule is c1ccc(-c2ccc(N(c3cccc(-c4cccc(-c5ccc6c(ccc7oc8ccccc8c76)c5)c4)c3)c3cccc(-c4cccc5ccccc45)c3)cc2)cc1. The Kier molecular flexibility index (Phi) is 8.19. The summed E-state index contributed by atoms with van der Waals surface area (Å²) in [6.45, 7) is 0. The number of para-hydroxylation sites is 1. The quantitative estimate of drug-likeness (QED) is 0.162. The van der Waals surface area contributed by atoms with Gasteiger partial charge in [0.1, 0.15) is 11.2 Å². The molecule has 0 saturated heterocycles. The molecule has 0 N–H and O–H groups in total. The molecule has 1 heterocycles. The van der Waals surface area contributed by atoms with E-state index in [9.17, 15) is 0 Å². The average Bonchev–Trinajstić information content (AvgIpc) is 3.69. The van der Waals surface area contributed by atoms with E-state index in [0.717, 1.165) is 39.2 Å². The van der Waals surface area contributed by atoms with Gasteiger partial charge in [0, 0.05) is 27.8 Å². The van der Waals surface area contributed by atoms with Crippen LogP contribution in [-0.4, -0.2) is 0 Å². The van der Waals surface area contributed by atoms with Crippen molar-refractivity contribution in [3.63, 3.8) is 0 Å². The van der Waals surface area contributed by atoms with Gasteiger partial charge < -0.3 is 9.32 Å². The highest BCUT2D eigenvalue weighted by Crippen LogP contribution is 2.41. The second kappa shape index (κ2) is 14.1. The van der Waals surface area contributed by atoms with E-state index in [-0.39, 0.29) is 0 Å². The van der Waals surface area contributed by atoms with E-state index in [1.165, 1.54) is 65.9 Å². The van der Waals surface area contributed by atoms with Crippen LogP contribution < -0.4 is 4.90 Å². The van der Waals surface area contributed by atoms with Crippen molar-refractivity contribution in [3.05, 3.63) is 224 Å². The highest BCUT2D eigenvalue weighted by molar-refractivity contribution is 6.19. The lowest BCUT2D eigenvalue weighted by Crippen LogP contribution is -2.10. The third-order valence-corrected chi connectivity index (χ3v) is 11.4. The van der Waals surface area contributed by atoms with Gasteiger partial charge in [-0.3, -0.25) is 0 Å².